The van der Waals surface area contributed by atoms with Crippen molar-refractivity contribution in [2.24, 2.45) is 5.16 Å². The van der Waals surface area contributed by atoms with Crippen molar-refractivity contribution in [3.8, 4) is 11.8 Å². The number of rotatable bonds is 4. The molecule has 5 nitrogen and oxygen atoms in total. The zero-order valence-electron chi connectivity index (χ0n) is 10.5. The van der Waals surface area contributed by atoms with Crippen LogP contribution >= 0.6 is 0 Å². The van der Waals surface area contributed by atoms with E-state index in [0.29, 0.717) is 12.3 Å². The van der Waals surface area contributed by atoms with Gasteiger partial charge in [0.2, 0.25) is 5.91 Å². The van der Waals surface area contributed by atoms with E-state index in [0.717, 1.165) is 13.0 Å². The van der Waals surface area contributed by atoms with Crippen LogP contribution in [0, 0.1) is 11.8 Å². The Morgan fingerprint density at radius 3 is 3.00 bits per heavy atom. The average molecular weight is 237 g/mol. The van der Waals surface area contributed by atoms with Gasteiger partial charge in [-0.15, -0.1) is 0 Å². The standard InChI is InChI=1S/C12H19N3O2/c1-4-5-9(2)15-17-8-12-6-11(7-13-12)14-10(3)16/h11-13H,6-8H2,1-3H3,(H,14,16)/b15-9-/t11-,12-/m0/s1. The number of oxime groups is 1. The summed E-state index contributed by atoms with van der Waals surface area (Å²) in [5, 5.41) is 10.0. The number of carbonyl (C=O) groups excluding carboxylic acids is 1. The maximum atomic E-state index is 10.9. The molecule has 0 aromatic carbocycles. The highest BCUT2D eigenvalue weighted by Crippen LogP contribution is 2.07. The maximum Gasteiger partial charge on any atom is 0.217 e. The number of nitrogens with one attached hydrogen (secondary N) is 2. The number of amides is 1. The minimum Gasteiger partial charge on any atom is -0.393 e. The average Bonchev–Trinajstić information content (AvgIpc) is 2.65. The molecule has 0 aliphatic carbocycles. The zero-order valence-corrected chi connectivity index (χ0v) is 10.5. The number of nitrogens with zero attached hydrogens (tertiary/aromatic N) is 1. The summed E-state index contributed by atoms with van der Waals surface area (Å²) >= 11 is 0. The largest absolute Gasteiger partial charge is 0.393 e. The number of hydrogen-bond acceptors (Lipinski definition) is 4. The topological polar surface area (TPSA) is 62.7 Å². The van der Waals surface area contributed by atoms with Crippen LogP contribution in [0.25, 0.3) is 0 Å². The second-order valence-corrected chi connectivity index (χ2v) is 4.09. The van der Waals surface area contributed by atoms with Crippen molar-refractivity contribution in [1.82, 2.24) is 10.6 Å². The van der Waals surface area contributed by atoms with E-state index < -0.39 is 0 Å². The molecular formula is C12H19N3O2. The third kappa shape index (κ3) is 5.36. The molecule has 0 saturated carbocycles. The van der Waals surface area contributed by atoms with Gasteiger partial charge in [-0.05, 0) is 26.2 Å². The molecule has 1 saturated heterocycles. The van der Waals surface area contributed by atoms with Crippen molar-refractivity contribution in [2.75, 3.05) is 13.2 Å². The van der Waals surface area contributed by atoms with E-state index in [1.807, 2.05) is 0 Å². The van der Waals surface area contributed by atoms with Crippen LogP contribution in [-0.2, 0) is 9.63 Å². The Bertz CT molecular complexity index is 354. The number of carbonyl (C=O) groups is 1. The lowest BCUT2D eigenvalue weighted by Gasteiger charge is -2.09. The summed E-state index contributed by atoms with van der Waals surface area (Å²) < 4.78 is 0. The molecule has 5 heteroatoms. The second-order valence-electron chi connectivity index (χ2n) is 4.09. The fourth-order valence-electron chi connectivity index (χ4n) is 1.77. The predicted octanol–water partition coefficient (Wildman–Crippen LogP) is 0.269. The van der Waals surface area contributed by atoms with Gasteiger partial charge in [-0.3, -0.25) is 4.79 Å². The molecule has 94 valence electrons. The van der Waals surface area contributed by atoms with Crippen molar-refractivity contribution in [3.63, 3.8) is 0 Å². The molecule has 1 rings (SSSR count). The molecule has 0 spiro atoms. The third-order valence-electron chi connectivity index (χ3n) is 2.41. The van der Waals surface area contributed by atoms with Crippen LogP contribution in [0.1, 0.15) is 27.2 Å². The van der Waals surface area contributed by atoms with Gasteiger partial charge < -0.3 is 15.5 Å². The van der Waals surface area contributed by atoms with Crippen molar-refractivity contribution >= 4 is 11.6 Å². The molecule has 1 amide bonds. The highest BCUT2D eigenvalue weighted by Gasteiger charge is 2.24. The van der Waals surface area contributed by atoms with E-state index in [1.54, 1.807) is 13.8 Å². The first-order chi connectivity index (χ1) is 8.11. The third-order valence-corrected chi connectivity index (χ3v) is 2.41. The molecule has 0 radical (unpaired) electrons. The molecule has 1 aliphatic heterocycles. The first-order valence-electron chi connectivity index (χ1n) is 5.71. The SMILES string of the molecule is CC#C/C(C)=N\OC[C@@H]1C[C@H](NC(C)=O)CN1. The summed E-state index contributed by atoms with van der Waals surface area (Å²) in [6.45, 7) is 6.37. The van der Waals surface area contributed by atoms with E-state index in [-0.39, 0.29) is 18.0 Å². The lowest BCUT2D eigenvalue weighted by Crippen LogP contribution is -2.34. The molecule has 0 bridgehead atoms. The van der Waals surface area contributed by atoms with Gasteiger partial charge in [0, 0.05) is 25.6 Å². The fourth-order valence-corrected chi connectivity index (χ4v) is 1.77. The van der Waals surface area contributed by atoms with Gasteiger partial charge in [-0.25, -0.2) is 0 Å². The van der Waals surface area contributed by atoms with Gasteiger partial charge in [0.1, 0.15) is 12.3 Å². The maximum absolute atomic E-state index is 10.9. The van der Waals surface area contributed by atoms with Crippen LogP contribution in [0.15, 0.2) is 5.16 Å². The van der Waals surface area contributed by atoms with Crippen LogP contribution in [-0.4, -0.2) is 36.9 Å². The molecule has 0 unspecified atom stereocenters. The van der Waals surface area contributed by atoms with Crippen molar-refractivity contribution in [3.05, 3.63) is 0 Å². The Hall–Kier alpha value is -1.54. The first kappa shape index (κ1) is 13.5. The van der Waals surface area contributed by atoms with Crippen LogP contribution in [0.5, 0.6) is 0 Å². The molecule has 0 aromatic rings. The fraction of sp³-hybridized carbons (Fsp3) is 0.667. The van der Waals surface area contributed by atoms with Crippen LogP contribution in [0.2, 0.25) is 0 Å². The molecule has 1 heterocycles. The van der Waals surface area contributed by atoms with Crippen LogP contribution in [0.3, 0.4) is 0 Å². The summed E-state index contributed by atoms with van der Waals surface area (Å²) in [6.07, 6.45) is 0.869. The monoisotopic (exact) mass is 237 g/mol. The van der Waals surface area contributed by atoms with Crippen molar-refractivity contribution < 1.29 is 9.63 Å². The van der Waals surface area contributed by atoms with E-state index in [1.165, 1.54) is 6.92 Å². The summed E-state index contributed by atoms with van der Waals surface area (Å²) in [5.41, 5.74) is 0.670. The minimum atomic E-state index is 0.00505. The lowest BCUT2D eigenvalue weighted by atomic mass is 10.2. The van der Waals surface area contributed by atoms with Gasteiger partial charge in [0.25, 0.3) is 0 Å². The summed E-state index contributed by atoms with van der Waals surface area (Å²) in [5.74, 6) is 5.56. The second kappa shape index (κ2) is 6.92. The Morgan fingerprint density at radius 1 is 1.59 bits per heavy atom. The van der Waals surface area contributed by atoms with E-state index in [4.69, 9.17) is 4.84 Å². The van der Waals surface area contributed by atoms with Gasteiger partial charge in [0.15, 0.2) is 0 Å². The van der Waals surface area contributed by atoms with Crippen molar-refractivity contribution in [1.29, 1.82) is 0 Å². The van der Waals surface area contributed by atoms with Crippen LogP contribution < -0.4 is 10.6 Å². The minimum absolute atomic E-state index is 0.00505. The smallest absolute Gasteiger partial charge is 0.217 e. The van der Waals surface area contributed by atoms with Crippen LogP contribution in [0.4, 0.5) is 0 Å². The molecule has 2 atom stereocenters. The summed E-state index contributed by atoms with van der Waals surface area (Å²) in [4.78, 5) is 16.1. The van der Waals surface area contributed by atoms with E-state index in [9.17, 15) is 4.79 Å². The first-order valence-corrected chi connectivity index (χ1v) is 5.71. The van der Waals surface area contributed by atoms with Gasteiger partial charge >= 0.3 is 0 Å². The molecule has 0 aromatic heterocycles. The summed E-state index contributed by atoms with van der Waals surface area (Å²) in [7, 11) is 0. The highest BCUT2D eigenvalue weighted by atomic mass is 16.6. The van der Waals surface area contributed by atoms with Gasteiger partial charge in [-0.1, -0.05) is 11.1 Å². The Morgan fingerprint density at radius 2 is 2.35 bits per heavy atom. The summed E-state index contributed by atoms with van der Waals surface area (Å²) in [6, 6.07) is 0.430. The van der Waals surface area contributed by atoms with E-state index >= 15 is 0 Å². The molecule has 17 heavy (non-hydrogen) atoms. The Balaban J connectivity index is 2.23. The molecule has 1 fully saturated rings. The molecule has 1 aliphatic rings. The normalized spacial score (nSPS) is 23.8. The quantitative estimate of drug-likeness (QED) is 0.419. The number of hydrogen-bond donors (Lipinski definition) is 2. The van der Waals surface area contributed by atoms with Gasteiger partial charge in [0.05, 0.1) is 0 Å². The van der Waals surface area contributed by atoms with Crippen molar-refractivity contribution in [2.45, 2.75) is 39.3 Å². The predicted molar refractivity (Wildman–Crippen MR) is 66.5 cm³/mol. The zero-order chi connectivity index (χ0) is 12.7. The lowest BCUT2D eigenvalue weighted by molar-refractivity contribution is -0.119. The highest BCUT2D eigenvalue weighted by molar-refractivity contribution is 5.97. The Kier molecular flexibility index (Phi) is 5.50. The van der Waals surface area contributed by atoms with Gasteiger partial charge in [-0.2, -0.15) is 0 Å². The Labute approximate surface area is 102 Å². The molecule has 2 N–H and O–H groups in total. The molecular weight excluding hydrogens is 218 g/mol. The van der Waals surface area contributed by atoms with E-state index in [2.05, 4.69) is 27.6 Å².